The number of hydrogen-bond acceptors (Lipinski definition) is 3. The number of amides is 1. The molecule has 4 nitrogen and oxygen atoms in total. The maximum atomic E-state index is 10.3. The lowest BCUT2D eigenvalue weighted by Gasteiger charge is -2.05. The molecule has 4 N–H and O–H groups in total. The Morgan fingerprint density at radius 3 is 2.91 bits per heavy atom. The van der Waals surface area contributed by atoms with Gasteiger partial charge in [0.05, 0.1) is 0 Å². The monoisotopic (exact) mass is 178 g/mol. The van der Waals surface area contributed by atoms with E-state index in [1.54, 1.807) is 6.08 Å². The largest absolute Gasteiger partial charge is 0.382 e. The smallest absolute Gasteiger partial charge is 0.247 e. The van der Waals surface area contributed by atoms with Gasteiger partial charge < -0.3 is 16.2 Å². The topological polar surface area (TPSA) is 75.4 Å². The van der Waals surface area contributed by atoms with Gasteiger partial charge in [-0.2, -0.15) is 0 Å². The van der Waals surface area contributed by atoms with Gasteiger partial charge in [-0.25, -0.2) is 0 Å². The van der Waals surface area contributed by atoms with E-state index in [1.807, 2.05) is 0 Å². The molecule has 0 aromatic carbocycles. The van der Waals surface area contributed by atoms with Crippen molar-refractivity contribution in [1.82, 2.24) is 5.32 Å². The number of rotatable bonds is 5. The molecule has 1 atom stereocenters. The molecule has 5 heteroatoms. The third-order valence-electron chi connectivity index (χ3n) is 1.02. The van der Waals surface area contributed by atoms with Crippen molar-refractivity contribution in [2.45, 2.75) is 6.10 Å². The van der Waals surface area contributed by atoms with Crippen LogP contribution >= 0.6 is 11.6 Å². The zero-order valence-electron chi connectivity index (χ0n) is 5.96. The van der Waals surface area contributed by atoms with Gasteiger partial charge in [0.25, 0.3) is 0 Å². The predicted octanol–water partition coefficient (Wildman–Crippen LogP) is -0.825. The fraction of sp³-hybridized carbons (Fsp3) is 0.500. The van der Waals surface area contributed by atoms with E-state index in [-0.39, 0.29) is 6.54 Å². The minimum absolute atomic E-state index is 0.149. The third-order valence-corrected chi connectivity index (χ3v) is 1.20. The van der Waals surface area contributed by atoms with Gasteiger partial charge in [0.2, 0.25) is 5.91 Å². The molecule has 0 aromatic heterocycles. The van der Waals surface area contributed by atoms with E-state index < -0.39 is 12.0 Å². The normalized spacial score (nSPS) is 13.6. The first kappa shape index (κ1) is 10.4. The van der Waals surface area contributed by atoms with Gasteiger partial charge >= 0.3 is 0 Å². The summed E-state index contributed by atoms with van der Waals surface area (Å²) in [4.78, 5) is 10.3. The average molecular weight is 179 g/mol. The van der Waals surface area contributed by atoms with Crippen molar-refractivity contribution in [3.63, 3.8) is 0 Å². The first-order valence-corrected chi connectivity index (χ1v) is 3.55. The summed E-state index contributed by atoms with van der Waals surface area (Å²) in [6.45, 7) is 0.657. The van der Waals surface area contributed by atoms with Crippen LogP contribution in [0.1, 0.15) is 0 Å². The zero-order chi connectivity index (χ0) is 8.69. The molecule has 0 fully saturated rings. The van der Waals surface area contributed by atoms with E-state index in [4.69, 9.17) is 22.4 Å². The number of primary amides is 1. The first-order chi connectivity index (χ1) is 5.18. The number of aliphatic hydroxyl groups is 1. The molecule has 0 aliphatic heterocycles. The Balaban J connectivity index is 3.31. The summed E-state index contributed by atoms with van der Waals surface area (Å²) in [5.74, 6) is -0.729. The molecule has 0 saturated carbocycles. The van der Waals surface area contributed by atoms with Gasteiger partial charge in [0.1, 0.15) is 6.10 Å². The molecule has 0 bridgehead atoms. The first-order valence-electron chi connectivity index (χ1n) is 3.11. The summed E-state index contributed by atoms with van der Waals surface area (Å²) in [7, 11) is 0. The van der Waals surface area contributed by atoms with Crippen molar-refractivity contribution in [3.8, 4) is 0 Å². The van der Waals surface area contributed by atoms with Crippen molar-refractivity contribution >= 4 is 17.5 Å². The van der Waals surface area contributed by atoms with Crippen LogP contribution in [0, 0.1) is 0 Å². The number of carbonyl (C=O) groups is 1. The molecule has 0 heterocycles. The van der Waals surface area contributed by atoms with Gasteiger partial charge in [-0.15, -0.1) is 0 Å². The predicted molar refractivity (Wildman–Crippen MR) is 43.1 cm³/mol. The van der Waals surface area contributed by atoms with Gasteiger partial charge in [0, 0.05) is 18.6 Å². The summed E-state index contributed by atoms with van der Waals surface area (Å²) >= 11 is 5.20. The molecule has 64 valence electrons. The Morgan fingerprint density at radius 1 is 1.82 bits per heavy atom. The average Bonchev–Trinajstić information content (AvgIpc) is 1.97. The van der Waals surface area contributed by atoms with E-state index in [0.29, 0.717) is 6.54 Å². The minimum atomic E-state index is -1.13. The Kier molecular flexibility index (Phi) is 5.83. The second kappa shape index (κ2) is 6.15. The summed E-state index contributed by atoms with van der Waals surface area (Å²) in [6.07, 6.45) is 0.522. The SMILES string of the molecule is NC(=O)C(O)CNC/C=C/Cl. The lowest BCUT2D eigenvalue weighted by molar-refractivity contribution is -0.125. The van der Waals surface area contributed by atoms with Crippen LogP contribution in [0.5, 0.6) is 0 Å². The Morgan fingerprint density at radius 2 is 2.45 bits per heavy atom. The van der Waals surface area contributed by atoms with Crippen LogP contribution in [0.2, 0.25) is 0 Å². The highest BCUT2D eigenvalue weighted by Gasteiger charge is 2.08. The van der Waals surface area contributed by atoms with E-state index in [0.717, 1.165) is 0 Å². The molecule has 0 aliphatic rings. The fourth-order valence-corrected chi connectivity index (χ4v) is 0.538. The van der Waals surface area contributed by atoms with Gasteiger partial charge in [-0.1, -0.05) is 17.7 Å². The summed E-state index contributed by atoms with van der Waals surface area (Å²) < 4.78 is 0. The molecule has 0 radical (unpaired) electrons. The second-order valence-electron chi connectivity index (χ2n) is 1.94. The standard InChI is InChI=1S/C6H11ClN2O2/c7-2-1-3-9-4-5(10)6(8)11/h1-2,5,9-10H,3-4H2,(H2,8,11)/b2-1+. The lowest BCUT2D eigenvalue weighted by Crippen LogP contribution is -2.37. The van der Waals surface area contributed by atoms with E-state index in [1.165, 1.54) is 5.54 Å². The highest BCUT2D eigenvalue weighted by atomic mass is 35.5. The lowest BCUT2D eigenvalue weighted by atomic mass is 10.3. The van der Waals surface area contributed by atoms with Crippen molar-refractivity contribution in [1.29, 1.82) is 0 Å². The summed E-state index contributed by atoms with van der Waals surface area (Å²) in [6, 6.07) is 0. The highest BCUT2D eigenvalue weighted by molar-refractivity contribution is 6.25. The van der Waals surface area contributed by atoms with E-state index in [2.05, 4.69) is 5.32 Å². The van der Waals surface area contributed by atoms with Crippen molar-refractivity contribution in [2.75, 3.05) is 13.1 Å². The third kappa shape index (κ3) is 5.84. The van der Waals surface area contributed by atoms with Crippen molar-refractivity contribution in [3.05, 3.63) is 11.6 Å². The molecular weight excluding hydrogens is 168 g/mol. The van der Waals surface area contributed by atoms with E-state index >= 15 is 0 Å². The van der Waals surface area contributed by atoms with Gasteiger partial charge in [0.15, 0.2) is 0 Å². The van der Waals surface area contributed by atoms with Crippen LogP contribution in [-0.2, 0) is 4.79 Å². The Bertz CT molecular complexity index is 150. The molecule has 0 aromatic rings. The molecule has 1 unspecified atom stereocenters. The molecule has 0 spiro atoms. The number of nitrogens with one attached hydrogen (secondary N) is 1. The van der Waals surface area contributed by atoms with Gasteiger partial charge in [-0.3, -0.25) is 4.79 Å². The summed E-state index contributed by atoms with van der Waals surface area (Å²) in [5, 5.41) is 11.6. The van der Waals surface area contributed by atoms with Crippen molar-refractivity contribution < 1.29 is 9.90 Å². The minimum Gasteiger partial charge on any atom is -0.382 e. The molecule has 1 amide bonds. The number of carbonyl (C=O) groups excluding carboxylic acids is 1. The number of hydrogen-bond donors (Lipinski definition) is 3. The van der Waals surface area contributed by atoms with Crippen LogP contribution in [0.3, 0.4) is 0 Å². The maximum absolute atomic E-state index is 10.3. The number of halogens is 1. The van der Waals surface area contributed by atoms with Crippen LogP contribution in [-0.4, -0.2) is 30.2 Å². The van der Waals surface area contributed by atoms with Crippen LogP contribution in [0.4, 0.5) is 0 Å². The Hall–Kier alpha value is -0.580. The van der Waals surface area contributed by atoms with Gasteiger partial charge in [-0.05, 0) is 0 Å². The van der Waals surface area contributed by atoms with E-state index in [9.17, 15) is 4.79 Å². The summed E-state index contributed by atoms with van der Waals surface area (Å²) in [5.41, 5.74) is 6.13. The van der Waals surface area contributed by atoms with Crippen LogP contribution < -0.4 is 11.1 Å². The quantitative estimate of drug-likeness (QED) is 0.482. The highest BCUT2D eigenvalue weighted by Crippen LogP contribution is 1.78. The number of nitrogens with two attached hydrogens (primary N) is 1. The fourth-order valence-electron chi connectivity index (χ4n) is 0.449. The van der Waals surface area contributed by atoms with Crippen molar-refractivity contribution in [2.24, 2.45) is 5.73 Å². The second-order valence-corrected chi connectivity index (χ2v) is 2.19. The van der Waals surface area contributed by atoms with Crippen LogP contribution in [0.25, 0.3) is 0 Å². The Labute approximate surface area is 70.0 Å². The molecule has 0 rings (SSSR count). The molecule has 0 saturated heterocycles. The molecular formula is C6H11ClN2O2. The maximum Gasteiger partial charge on any atom is 0.247 e. The zero-order valence-corrected chi connectivity index (χ0v) is 6.71. The molecule has 11 heavy (non-hydrogen) atoms. The number of aliphatic hydroxyl groups excluding tert-OH is 1. The molecule has 0 aliphatic carbocycles. The van der Waals surface area contributed by atoms with Crippen LogP contribution in [0.15, 0.2) is 11.6 Å².